The van der Waals surface area contributed by atoms with E-state index in [2.05, 4.69) is 48.8 Å². The van der Waals surface area contributed by atoms with Gasteiger partial charge in [0, 0.05) is 6.42 Å². The Morgan fingerprint density at radius 2 is 1.81 bits per heavy atom. The number of amidine groups is 1. The van der Waals surface area contributed by atoms with Gasteiger partial charge >= 0.3 is 0 Å². The first-order chi connectivity index (χ1) is 15.2. The van der Waals surface area contributed by atoms with Crippen molar-refractivity contribution in [1.82, 2.24) is 4.90 Å². The molecule has 0 spiro atoms. The van der Waals surface area contributed by atoms with Gasteiger partial charge in [-0.2, -0.15) is 0 Å². The fourth-order valence-corrected chi connectivity index (χ4v) is 4.89. The third kappa shape index (κ3) is 6.20. The molecule has 0 saturated carbocycles. The summed E-state index contributed by atoms with van der Waals surface area (Å²) < 4.78 is 0. The highest BCUT2D eigenvalue weighted by Crippen LogP contribution is 2.46. The van der Waals surface area contributed by atoms with Gasteiger partial charge in [0.05, 0.1) is 5.84 Å². The summed E-state index contributed by atoms with van der Waals surface area (Å²) in [5.41, 5.74) is 8.93. The molecule has 3 nitrogen and oxygen atoms in total. The molecule has 168 valence electrons. The van der Waals surface area contributed by atoms with Crippen LogP contribution >= 0.6 is 0 Å². The Morgan fingerprint density at radius 1 is 1.03 bits per heavy atom. The summed E-state index contributed by atoms with van der Waals surface area (Å²) >= 11 is 0. The maximum atomic E-state index is 5.98. The number of piperidine rings is 1. The zero-order chi connectivity index (χ0) is 21.9. The quantitative estimate of drug-likeness (QED) is 0.403. The molecular weight excluding hydrogens is 378 g/mol. The molecule has 3 heteroatoms. The van der Waals surface area contributed by atoms with Gasteiger partial charge in [0.15, 0.2) is 0 Å². The van der Waals surface area contributed by atoms with Crippen LogP contribution in [0.5, 0.6) is 0 Å². The van der Waals surface area contributed by atoms with Crippen LogP contribution in [0.3, 0.4) is 0 Å². The van der Waals surface area contributed by atoms with Gasteiger partial charge < -0.3 is 10.6 Å². The SMILES string of the molecule is C=C1CC(N)=NC1(C1=CCCC=C1)c1ccccc1.CCCCCCN1CCCCC1. The second-order valence-electron chi connectivity index (χ2n) is 9.06. The normalized spacial score (nSPS) is 23.7. The van der Waals surface area contributed by atoms with E-state index in [1.54, 1.807) is 0 Å². The van der Waals surface area contributed by atoms with Gasteiger partial charge in [-0.25, -0.2) is 0 Å². The van der Waals surface area contributed by atoms with E-state index in [1.807, 2.05) is 18.2 Å². The van der Waals surface area contributed by atoms with E-state index >= 15 is 0 Å². The lowest BCUT2D eigenvalue weighted by Gasteiger charge is -2.31. The van der Waals surface area contributed by atoms with Gasteiger partial charge in [-0.1, -0.05) is 87.7 Å². The summed E-state index contributed by atoms with van der Waals surface area (Å²) in [7, 11) is 0. The molecule has 1 aliphatic carbocycles. The van der Waals surface area contributed by atoms with Crippen molar-refractivity contribution in [3.8, 4) is 0 Å². The van der Waals surface area contributed by atoms with E-state index in [0.29, 0.717) is 12.3 Å². The molecule has 2 aliphatic heterocycles. The summed E-state index contributed by atoms with van der Waals surface area (Å²) in [6, 6.07) is 10.3. The number of benzene rings is 1. The van der Waals surface area contributed by atoms with E-state index in [1.165, 1.54) is 70.2 Å². The van der Waals surface area contributed by atoms with Gasteiger partial charge in [0.25, 0.3) is 0 Å². The zero-order valence-electron chi connectivity index (χ0n) is 19.5. The van der Waals surface area contributed by atoms with Gasteiger partial charge in [-0.05, 0) is 68.4 Å². The standard InChI is InChI=1S/C17H18N2.C11H23N/c1-13-12-16(18)19-17(13,14-8-4-2-5-9-14)15-10-6-3-7-11-15;1-2-3-4-6-9-12-10-7-5-8-11-12/h2,4-6,8-11H,1,3,7,12H2,(H2,18,19);2-11H2,1H3. The van der Waals surface area contributed by atoms with Gasteiger partial charge in [0.1, 0.15) is 5.54 Å². The second-order valence-corrected chi connectivity index (χ2v) is 9.06. The first-order valence-electron chi connectivity index (χ1n) is 12.3. The summed E-state index contributed by atoms with van der Waals surface area (Å²) in [6.07, 6.45) is 19.5. The first kappa shape index (κ1) is 23.5. The highest BCUT2D eigenvalue weighted by molar-refractivity contribution is 5.88. The molecule has 0 amide bonds. The van der Waals surface area contributed by atoms with Crippen LogP contribution < -0.4 is 5.73 Å². The van der Waals surface area contributed by atoms with Crippen molar-refractivity contribution < 1.29 is 0 Å². The van der Waals surface area contributed by atoms with Crippen molar-refractivity contribution in [2.45, 2.75) is 76.7 Å². The predicted octanol–water partition coefficient (Wildman–Crippen LogP) is 6.53. The Kier molecular flexibility index (Phi) is 9.14. The second kappa shape index (κ2) is 12.0. The molecule has 2 N–H and O–H groups in total. The zero-order valence-corrected chi connectivity index (χ0v) is 19.5. The van der Waals surface area contributed by atoms with Crippen molar-refractivity contribution >= 4 is 5.84 Å². The Balaban J connectivity index is 0.000000196. The molecule has 1 atom stereocenters. The van der Waals surface area contributed by atoms with E-state index in [4.69, 9.17) is 10.7 Å². The van der Waals surface area contributed by atoms with Crippen molar-refractivity contribution in [2.75, 3.05) is 19.6 Å². The molecule has 1 fully saturated rings. The fourth-order valence-electron chi connectivity index (χ4n) is 4.89. The van der Waals surface area contributed by atoms with Crippen molar-refractivity contribution in [3.63, 3.8) is 0 Å². The van der Waals surface area contributed by atoms with E-state index in [9.17, 15) is 0 Å². The lowest BCUT2D eigenvalue weighted by atomic mass is 9.76. The number of likely N-dealkylation sites (tertiary alicyclic amines) is 1. The molecule has 3 aliphatic rings. The molecule has 1 aromatic rings. The summed E-state index contributed by atoms with van der Waals surface area (Å²) in [5, 5.41) is 0. The third-order valence-electron chi connectivity index (χ3n) is 6.60. The number of allylic oxidation sites excluding steroid dienone is 2. The molecule has 4 rings (SSSR count). The molecule has 31 heavy (non-hydrogen) atoms. The Labute approximate surface area is 189 Å². The smallest absolute Gasteiger partial charge is 0.133 e. The largest absolute Gasteiger partial charge is 0.387 e. The highest BCUT2D eigenvalue weighted by atomic mass is 15.1. The monoisotopic (exact) mass is 419 g/mol. The maximum absolute atomic E-state index is 5.98. The third-order valence-corrected chi connectivity index (χ3v) is 6.60. The predicted molar refractivity (Wildman–Crippen MR) is 134 cm³/mol. The Hall–Kier alpha value is -2.13. The Morgan fingerprint density at radius 3 is 2.42 bits per heavy atom. The number of nitrogens with zero attached hydrogens (tertiary/aromatic N) is 2. The average molecular weight is 420 g/mol. The number of nitrogens with two attached hydrogens (primary N) is 1. The molecule has 1 unspecified atom stereocenters. The molecule has 1 saturated heterocycles. The van der Waals surface area contributed by atoms with Crippen LogP contribution in [0.15, 0.2) is 71.3 Å². The highest BCUT2D eigenvalue weighted by Gasteiger charge is 2.42. The lowest BCUT2D eigenvalue weighted by Crippen LogP contribution is -2.30. The summed E-state index contributed by atoms with van der Waals surface area (Å²) in [6.45, 7) is 10.6. The summed E-state index contributed by atoms with van der Waals surface area (Å²) in [5.74, 6) is 0.675. The molecule has 0 radical (unpaired) electrons. The fraction of sp³-hybridized carbons (Fsp3) is 0.536. The molecule has 0 bridgehead atoms. The van der Waals surface area contributed by atoms with Crippen molar-refractivity contribution in [2.24, 2.45) is 10.7 Å². The topological polar surface area (TPSA) is 41.6 Å². The summed E-state index contributed by atoms with van der Waals surface area (Å²) in [4.78, 5) is 7.41. The Bertz CT molecular complexity index is 784. The first-order valence-corrected chi connectivity index (χ1v) is 12.3. The molecule has 1 aromatic carbocycles. The number of aliphatic imine (C=N–C) groups is 1. The minimum absolute atomic E-state index is 0.470. The van der Waals surface area contributed by atoms with Crippen LogP contribution in [0.1, 0.15) is 76.7 Å². The number of unbranched alkanes of at least 4 members (excludes halogenated alkanes) is 3. The number of rotatable bonds is 7. The van der Waals surface area contributed by atoms with Crippen LogP contribution in [0.2, 0.25) is 0 Å². The van der Waals surface area contributed by atoms with Gasteiger partial charge in [-0.15, -0.1) is 0 Å². The number of hydrogen-bond acceptors (Lipinski definition) is 3. The lowest BCUT2D eigenvalue weighted by molar-refractivity contribution is 0.224. The van der Waals surface area contributed by atoms with E-state index in [-0.39, 0.29) is 0 Å². The molecular formula is C28H41N3. The van der Waals surface area contributed by atoms with Crippen LogP contribution in [0.4, 0.5) is 0 Å². The molecule has 2 heterocycles. The van der Waals surface area contributed by atoms with E-state index < -0.39 is 5.54 Å². The minimum atomic E-state index is -0.470. The van der Waals surface area contributed by atoms with Crippen molar-refractivity contribution in [1.29, 1.82) is 0 Å². The molecule has 0 aromatic heterocycles. The van der Waals surface area contributed by atoms with Crippen LogP contribution in [0, 0.1) is 0 Å². The minimum Gasteiger partial charge on any atom is -0.387 e. The van der Waals surface area contributed by atoms with Gasteiger partial charge in [0.2, 0.25) is 0 Å². The maximum Gasteiger partial charge on any atom is 0.133 e. The van der Waals surface area contributed by atoms with Crippen LogP contribution in [-0.4, -0.2) is 30.4 Å². The van der Waals surface area contributed by atoms with Crippen molar-refractivity contribution in [3.05, 3.63) is 71.8 Å². The average Bonchev–Trinajstić information content (AvgIpc) is 3.14. The van der Waals surface area contributed by atoms with Gasteiger partial charge in [-0.3, -0.25) is 4.99 Å². The van der Waals surface area contributed by atoms with Crippen LogP contribution in [-0.2, 0) is 5.54 Å². The number of hydrogen-bond donors (Lipinski definition) is 1. The van der Waals surface area contributed by atoms with Crippen LogP contribution in [0.25, 0.3) is 0 Å². The van der Waals surface area contributed by atoms with E-state index in [0.717, 1.165) is 24.0 Å².